The lowest BCUT2D eigenvalue weighted by Crippen LogP contribution is -2.41. The molecule has 7 heteroatoms. The molecule has 1 atom stereocenters. The highest BCUT2D eigenvalue weighted by molar-refractivity contribution is 7.98. The van der Waals surface area contributed by atoms with E-state index in [0.717, 1.165) is 10.1 Å². The third-order valence-corrected chi connectivity index (χ3v) is 5.27. The van der Waals surface area contributed by atoms with Crippen molar-refractivity contribution in [3.05, 3.63) is 34.2 Å². The number of carboxylic acids is 1. The van der Waals surface area contributed by atoms with E-state index in [2.05, 4.69) is 5.32 Å². The van der Waals surface area contributed by atoms with Gasteiger partial charge in [0.05, 0.1) is 5.02 Å². The zero-order chi connectivity index (χ0) is 15.4. The predicted octanol–water partition coefficient (Wildman–Crippen LogP) is 3.49. The largest absolute Gasteiger partial charge is 0.480 e. The van der Waals surface area contributed by atoms with Gasteiger partial charge in [0.2, 0.25) is 0 Å². The minimum atomic E-state index is -1.03. The number of thioether (sulfide) groups is 1. The van der Waals surface area contributed by atoms with Gasteiger partial charge in [-0.05, 0) is 24.5 Å². The molecule has 0 fully saturated rings. The van der Waals surface area contributed by atoms with Gasteiger partial charge in [-0.2, -0.15) is 11.8 Å². The summed E-state index contributed by atoms with van der Waals surface area (Å²) < 4.78 is 0.906. The molecular weight excluding hydrogens is 330 g/mol. The first kappa shape index (κ1) is 16.1. The van der Waals surface area contributed by atoms with Crippen molar-refractivity contribution >= 4 is 56.7 Å². The number of benzene rings is 1. The molecule has 0 aliphatic heterocycles. The van der Waals surface area contributed by atoms with E-state index in [4.69, 9.17) is 16.7 Å². The first-order chi connectivity index (χ1) is 10.0. The summed E-state index contributed by atoms with van der Waals surface area (Å²) in [6.45, 7) is 0. The fourth-order valence-electron chi connectivity index (χ4n) is 1.88. The number of halogens is 1. The number of carbonyl (C=O) groups excluding carboxylic acids is 1. The highest BCUT2D eigenvalue weighted by Crippen LogP contribution is 2.35. The molecular formula is C14H14ClNO3S2. The summed E-state index contributed by atoms with van der Waals surface area (Å²) in [5.41, 5.74) is 0. The van der Waals surface area contributed by atoms with Crippen molar-refractivity contribution in [2.75, 3.05) is 12.0 Å². The smallest absolute Gasteiger partial charge is 0.326 e. The van der Waals surface area contributed by atoms with Crippen LogP contribution in [0, 0.1) is 0 Å². The Morgan fingerprint density at radius 2 is 2.14 bits per heavy atom. The van der Waals surface area contributed by atoms with E-state index >= 15 is 0 Å². The van der Waals surface area contributed by atoms with Crippen molar-refractivity contribution in [1.29, 1.82) is 0 Å². The maximum Gasteiger partial charge on any atom is 0.326 e. The van der Waals surface area contributed by atoms with Crippen molar-refractivity contribution in [1.82, 2.24) is 5.32 Å². The van der Waals surface area contributed by atoms with Gasteiger partial charge in [0.1, 0.15) is 10.9 Å². The number of rotatable bonds is 6. The fraction of sp³-hybridized carbons (Fsp3) is 0.286. The van der Waals surface area contributed by atoms with E-state index in [1.807, 2.05) is 30.5 Å². The van der Waals surface area contributed by atoms with E-state index in [-0.39, 0.29) is 0 Å². The third-order valence-electron chi connectivity index (χ3n) is 2.96. The van der Waals surface area contributed by atoms with Crippen LogP contribution in [-0.2, 0) is 4.79 Å². The topological polar surface area (TPSA) is 66.4 Å². The first-order valence-electron chi connectivity index (χ1n) is 6.24. The van der Waals surface area contributed by atoms with Gasteiger partial charge in [0.25, 0.3) is 5.91 Å². The molecule has 0 radical (unpaired) electrons. The van der Waals surface area contributed by atoms with Crippen molar-refractivity contribution in [3.63, 3.8) is 0 Å². The zero-order valence-corrected chi connectivity index (χ0v) is 13.6. The first-order valence-corrected chi connectivity index (χ1v) is 8.83. The number of amides is 1. The molecule has 4 nitrogen and oxygen atoms in total. The van der Waals surface area contributed by atoms with Crippen LogP contribution >= 0.6 is 34.7 Å². The van der Waals surface area contributed by atoms with Gasteiger partial charge in [-0.15, -0.1) is 11.3 Å². The lowest BCUT2D eigenvalue weighted by molar-refractivity contribution is -0.139. The average molecular weight is 344 g/mol. The number of carboxylic acid groups (broad SMARTS) is 1. The van der Waals surface area contributed by atoms with Gasteiger partial charge in [0.15, 0.2) is 0 Å². The summed E-state index contributed by atoms with van der Waals surface area (Å²) in [5.74, 6) is -0.804. The lowest BCUT2D eigenvalue weighted by atomic mass is 10.2. The van der Waals surface area contributed by atoms with Crippen LogP contribution in [0.5, 0.6) is 0 Å². The molecule has 2 N–H and O–H groups in total. The summed E-state index contributed by atoms with van der Waals surface area (Å²) in [6, 6.07) is 6.54. The highest BCUT2D eigenvalue weighted by atomic mass is 35.5. The molecule has 21 heavy (non-hydrogen) atoms. The molecule has 112 valence electrons. The molecule has 0 bridgehead atoms. The molecule has 1 amide bonds. The molecule has 0 aliphatic carbocycles. The van der Waals surface area contributed by atoms with Gasteiger partial charge in [-0.3, -0.25) is 4.79 Å². The van der Waals surface area contributed by atoms with Crippen LogP contribution in [-0.4, -0.2) is 35.0 Å². The van der Waals surface area contributed by atoms with Crippen molar-refractivity contribution in [3.8, 4) is 0 Å². The van der Waals surface area contributed by atoms with Crippen LogP contribution < -0.4 is 5.32 Å². The standard InChI is InChI=1S/C14H14ClNO3S2/c1-20-7-6-9(14(18)19)16-13(17)12-11(15)8-4-2-3-5-10(8)21-12/h2-5,9H,6-7H2,1H3,(H,16,17)(H,18,19)/t9-/m1/s1. The Hall–Kier alpha value is -1.24. The Bertz CT molecular complexity index is 671. The van der Waals surface area contributed by atoms with Gasteiger partial charge in [0, 0.05) is 10.1 Å². The molecule has 0 unspecified atom stereocenters. The number of hydrogen-bond donors (Lipinski definition) is 2. The van der Waals surface area contributed by atoms with Crippen LogP contribution in [0.2, 0.25) is 5.02 Å². The number of hydrogen-bond acceptors (Lipinski definition) is 4. The number of thiophene rings is 1. The summed E-state index contributed by atoms with van der Waals surface area (Å²) in [5, 5.41) is 12.9. The molecule has 2 rings (SSSR count). The predicted molar refractivity (Wildman–Crippen MR) is 88.7 cm³/mol. The molecule has 2 aromatic rings. The second kappa shape index (κ2) is 7.15. The fourth-order valence-corrected chi connectivity index (χ4v) is 3.77. The molecule has 1 heterocycles. The molecule has 1 aromatic carbocycles. The minimum absolute atomic E-state index is 0.355. The molecule has 0 spiro atoms. The quantitative estimate of drug-likeness (QED) is 0.842. The molecule has 0 saturated carbocycles. The van der Waals surface area contributed by atoms with E-state index in [9.17, 15) is 9.59 Å². The molecule has 0 saturated heterocycles. The number of nitrogens with one attached hydrogen (secondary N) is 1. The van der Waals surface area contributed by atoms with Crippen LogP contribution in [0.3, 0.4) is 0 Å². The van der Waals surface area contributed by atoms with Crippen molar-refractivity contribution in [2.45, 2.75) is 12.5 Å². The van der Waals surface area contributed by atoms with Crippen LogP contribution in [0.25, 0.3) is 10.1 Å². The van der Waals surface area contributed by atoms with Gasteiger partial charge >= 0.3 is 5.97 Å². The second-order valence-corrected chi connectivity index (χ2v) is 6.80. The second-order valence-electron chi connectivity index (χ2n) is 4.39. The van der Waals surface area contributed by atoms with E-state index in [1.54, 1.807) is 0 Å². The lowest BCUT2D eigenvalue weighted by Gasteiger charge is -2.13. The Morgan fingerprint density at radius 3 is 2.76 bits per heavy atom. The van der Waals surface area contributed by atoms with Crippen LogP contribution in [0.15, 0.2) is 24.3 Å². The normalized spacial score (nSPS) is 12.3. The SMILES string of the molecule is CSCC[C@@H](NC(=O)c1sc2ccccc2c1Cl)C(=O)O. The van der Waals surface area contributed by atoms with Gasteiger partial charge in [-0.25, -0.2) is 4.79 Å². The average Bonchev–Trinajstić information content (AvgIpc) is 2.81. The Labute approximate surface area is 135 Å². The van der Waals surface area contributed by atoms with Gasteiger partial charge in [-0.1, -0.05) is 29.8 Å². The summed E-state index contributed by atoms with van der Waals surface area (Å²) in [6.07, 6.45) is 2.27. The Balaban J connectivity index is 2.21. The van der Waals surface area contributed by atoms with Crippen molar-refractivity contribution < 1.29 is 14.7 Å². The third kappa shape index (κ3) is 3.70. The number of carbonyl (C=O) groups is 2. The Kier molecular flexibility index (Phi) is 5.50. The maximum atomic E-state index is 12.3. The number of aliphatic carboxylic acids is 1. The van der Waals surface area contributed by atoms with E-state index < -0.39 is 17.9 Å². The van der Waals surface area contributed by atoms with Crippen LogP contribution in [0.1, 0.15) is 16.1 Å². The zero-order valence-electron chi connectivity index (χ0n) is 11.3. The number of fused-ring (bicyclic) bond motifs is 1. The maximum absolute atomic E-state index is 12.3. The molecule has 0 aliphatic rings. The Morgan fingerprint density at radius 1 is 1.43 bits per heavy atom. The molecule has 1 aromatic heterocycles. The minimum Gasteiger partial charge on any atom is -0.480 e. The monoisotopic (exact) mass is 343 g/mol. The summed E-state index contributed by atoms with van der Waals surface area (Å²) in [7, 11) is 0. The van der Waals surface area contributed by atoms with Gasteiger partial charge < -0.3 is 10.4 Å². The van der Waals surface area contributed by atoms with Crippen molar-refractivity contribution in [2.24, 2.45) is 0 Å². The summed E-state index contributed by atoms with van der Waals surface area (Å²) >= 11 is 9.02. The highest BCUT2D eigenvalue weighted by Gasteiger charge is 2.23. The van der Waals surface area contributed by atoms with E-state index in [1.165, 1.54) is 23.1 Å². The summed E-state index contributed by atoms with van der Waals surface area (Å²) in [4.78, 5) is 23.8. The van der Waals surface area contributed by atoms with Crippen LogP contribution in [0.4, 0.5) is 0 Å². The van der Waals surface area contributed by atoms with E-state index in [0.29, 0.717) is 22.1 Å².